The van der Waals surface area contributed by atoms with Gasteiger partial charge < -0.3 is 30.7 Å². The zero-order valence-electron chi connectivity index (χ0n) is 18.0. The number of anilines is 2. The number of nitrogens with two attached hydrogens (primary N) is 2. The van der Waals surface area contributed by atoms with Crippen LogP contribution in [0.5, 0.6) is 0 Å². The highest BCUT2D eigenvalue weighted by molar-refractivity contribution is 5.97. The summed E-state index contributed by atoms with van der Waals surface area (Å²) in [5.74, 6) is -3.87. The van der Waals surface area contributed by atoms with Crippen LogP contribution in [0.1, 0.15) is 20.7 Å². The van der Waals surface area contributed by atoms with Crippen molar-refractivity contribution in [2.45, 2.75) is 0 Å². The molecule has 0 saturated carbocycles. The lowest BCUT2D eigenvalue weighted by molar-refractivity contribution is -0.142. The van der Waals surface area contributed by atoms with Crippen molar-refractivity contribution in [1.82, 2.24) is 9.80 Å². The molecule has 1 aliphatic rings. The third kappa shape index (κ3) is 5.97. The molecule has 0 unspecified atom stereocenters. The second-order valence-corrected chi connectivity index (χ2v) is 7.38. The van der Waals surface area contributed by atoms with E-state index in [1.165, 1.54) is 21.9 Å². The van der Waals surface area contributed by atoms with Gasteiger partial charge in [0.25, 0.3) is 11.8 Å². The Kier molecular flexibility index (Phi) is 7.61. The molecule has 2 amide bonds. The summed E-state index contributed by atoms with van der Waals surface area (Å²) in [5, 5.41) is 0. The van der Waals surface area contributed by atoms with E-state index in [-0.39, 0.29) is 48.7 Å². The van der Waals surface area contributed by atoms with Crippen molar-refractivity contribution in [1.29, 1.82) is 0 Å². The van der Waals surface area contributed by atoms with Gasteiger partial charge in [-0.25, -0.2) is 18.4 Å². The van der Waals surface area contributed by atoms with E-state index in [1.54, 1.807) is 0 Å². The average Bonchev–Trinajstić information content (AvgIpc) is 2.80. The maximum absolute atomic E-state index is 13.1. The van der Waals surface area contributed by atoms with Gasteiger partial charge in [0.2, 0.25) is 0 Å². The van der Waals surface area contributed by atoms with Gasteiger partial charge in [-0.05, 0) is 36.4 Å². The minimum Gasteiger partial charge on any atom is -0.452 e. The molecule has 0 spiro atoms. The lowest BCUT2D eigenvalue weighted by Crippen LogP contribution is -2.52. The Morgan fingerprint density at radius 3 is 1.38 bits per heavy atom. The largest absolute Gasteiger partial charge is 0.452 e. The van der Waals surface area contributed by atoms with Crippen molar-refractivity contribution < 1.29 is 37.4 Å². The summed E-state index contributed by atoms with van der Waals surface area (Å²) < 4.78 is 36.1. The van der Waals surface area contributed by atoms with Gasteiger partial charge in [0.15, 0.2) is 13.2 Å². The number of hydrogen-bond acceptors (Lipinski definition) is 8. The van der Waals surface area contributed by atoms with Gasteiger partial charge in [-0.3, -0.25) is 9.59 Å². The molecule has 1 saturated heterocycles. The van der Waals surface area contributed by atoms with Crippen LogP contribution in [0.2, 0.25) is 0 Å². The van der Waals surface area contributed by atoms with Gasteiger partial charge in [0, 0.05) is 37.6 Å². The third-order valence-electron chi connectivity index (χ3n) is 5.11. The molecule has 0 aromatic heterocycles. The molecule has 10 nitrogen and oxygen atoms in total. The molecular formula is C22H22F2N4O6. The molecule has 0 radical (unpaired) electrons. The van der Waals surface area contributed by atoms with Crippen molar-refractivity contribution >= 4 is 35.1 Å². The molecule has 0 aliphatic carbocycles. The molecule has 0 bridgehead atoms. The first-order valence-electron chi connectivity index (χ1n) is 10.2. The number of amides is 2. The summed E-state index contributed by atoms with van der Waals surface area (Å²) in [7, 11) is 0. The van der Waals surface area contributed by atoms with Crippen LogP contribution in [0.3, 0.4) is 0 Å². The number of rotatable bonds is 6. The molecule has 3 rings (SSSR count). The zero-order chi connectivity index (χ0) is 24.8. The highest BCUT2D eigenvalue weighted by Gasteiger charge is 2.26. The van der Waals surface area contributed by atoms with E-state index in [9.17, 15) is 28.0 Å². The number of benzene rings is 2. The van der Waals surface area contributed by atoms with Crippen LogP contribution in [-0.2, 0) is 19.1 Å². The Balaban J connectivity index is 1.42. The predicted molar refractivity (Wildman–Crippen MR) is 115 cm³/mol. The first-order valence-corrected chi connectivity index (χ1v) is 10.2. The fourth-order valence-corrected chi connectivity index (χ4v) is 3.24. The summed E-state index contributed by atoms with van der Waals surface area (Å²) in [5.41, 5.74) is 10.8. The molecule has 34 heavy (non-hydrogen) atoms. The molecule has 12 heteroatoms. The number of nitrogens with zero attached hydrogens (tertiary/aromatic N) is 2. The first-order chi connectivity index (χ1) is 16.2. The van der Waals surface area contributed by atoms with Gasteiger partial charge in [0.1, 0.15) is 11.6 Å². The second kappa shape index (κ2) is 10.6. The molecule has 0 atom stereocenters. The SMILES string of the molecule is Nc1cc(F)ccc1C(=O)OCC(=O)N1CCN(C(=O)COC(=O)c2ccc(F)cc2N)CC1. The van der Waals surface area contributed by atoms with E-state index in [0.717, 1.165) is 24.3 Å². The summed E-state index contributed by atoms with van der Waals surface area (Å²) in [6.07, 6.45) is 0. The minimum atomic E-state index is -0.858. The Bertz CT molecular complexity index is 1030. The van der Waals surface area contributed by atoms with Crippen molar-refractivity contribution in [3.8, 4) is 0 Å². The van der Waals surface area contributed by atoms with Gasteiger partial charge in [-0.2, -0.15) is 0 Å². The number of piperazine rings is 1. The standard InChI is InChI=1S/C22H22F2N4O6/c23-13-1-3-15(17(25)9-13)21(31)33-11-19(29)27-5-7-28(8-6-27)20(30)12-34-22(32)16-4-2-14(24)10-18(16)26/h1-4,9-10H,5-8,11-12,25-26H2. The van der Waals surface area contributed by atoms with Crippen molar-refractivity contribution in [2.75, 3.05) is 50.9 Å². The lowest BCUT2D eigenvalue weighted by Gasteiger charge is -2.34. The Labute approximate surface area is 193 Å². The normalized spacial score (nSPS) is 13.4. The zero-order valence-corrected chi connectivity index (χ0v) is 18.0. The number of carbonyl (C=O) groups is 4. The van der Waals surface area contributed by atoms with E-state index >= 15 is 0 Å². The van der Waals surface area contributed by atoms with Crippen LogP contribution >= 0.6 is 0 Å². The molecular weight excluding hydrogens is 454 g/mol. The Morgan fingerprint density at radius 2 is 1.06 bits per heavy atom. The van der Waals surface area contributed by atoms with E-state index in [0.29, 0.717) is 0 Å². The number of carbonyl (C=O) groups excluding carboxylic acids is 4. The second-order valence-electron chi connectivity index (χ2n) is 7.38. The van der Waals surface area contributed by atoms with Gasteiger partial charge in [-0.15, -0.1) is 0 Å². The quantitative estimate of drug-likeness (QED) is 0.460. The van der Waals surface area contributed by atoms with Crippen LogP contribution in [0.25, 0.3) is 0 Å². The minimum absolute atomic E-state index is 0.0541. The number of nitrogen functional groups attached to an aromatic ring is 2. The van der Waals surface area contributed by atoms with Gasteiger partial charge in [0.05, 0.1) is 11.1 Å². The maximum Gasteiger partial charge on any atom is 0.340 e. The van der Waals surface area contributed by atoms with Gasteiger partial charge in [-0.1, -0.05) is 0 Å². The van der Waals surface area contributed by atoms with E-state index in [2.05, 4.69) is 0 Å². The van der Waals surface area contributed by atoms with Gasteiger partial charge >= 0.3 is 11.9 Å². The van der Waals surface area contributed by atoms with Crippen molar-refractivity contribution in [2.24, 2.45) is 0 Å². The topological polar surface area (TPSA) is 145 Å². The molecule has 1 heterocycles. The highest BCUT2D eigenvalue weighted by Crippen LogP contribution is 2.16. The van der Waals surface area contributed by atoms with E-state index < -0.39 is 48.6 Å². The van der Waals surface area contributed by atoms with Crippen LogP contribution < -0.4 is 11.5 Å². The molecule has 1 aliphatic heterocycles. The van der Waals surface area contributed by atoms with Crippen LogP contribution in [0.4, 0.5) is 20.2 Å². The fourth-order valence-electron chi connectivity index (χ4n) is 3.24. The highest BCUT2D eigenvalue weighted by atomic mass is 19.1. The molecule has 180 valence electrons. The molecule has 1 fully saturated rings. The predicted octanol–water partition coefficient (Wildman–Crippen LogP) is 0.814. The Hall–Kier alpha value is -4.22. The van der Waals surface area contributed by atoms with Crippen LogP contribution in [0.15, 0.2) is 36.4 Å². The number of ether oxygens (including phenoxy) is 2. The Morgan fingerprint density at radius 1 is 0.706 bits per heavy atom. The summed E-state index contributed by atoms with van der Waals surface area (Å²) in [6, 6.07) is 6.38. The molecule has 2 aromatic rings. The van der Waals surface area contributed by atoms with Crippen LogP contribution in [0, 0.1) is 11.6 Å². The van der Waals surface area contributed by atoms with Crippen molar-refractivity contribution in [3.05, 3.63) is 59.2 Å². The number of esters is 2. The van der Waals surface area contributed by atoms with Crippen LogP contribution in [-0.4, -0.2) is 72.9 Å². The first kappa shape index (κ1) is 24.4. The maximum atomic E-state index is 13.1. The number of halogens is 2. The smallest absolute Gasteiger partial charge is 0.340 e. The van der Waals surface area contributed by atoms with E-state index in [4.69, 9.17) is 20.9 Å². The third-order valence-corrected chi connectivity index (χ3v) is 5.11. The van der Waals surface area contributed by atoms with Crippen molar-refractivity contribution in [3.63, 3.8) is 0 Å². The fraction of sp³-hybridized carbons (Fsp3) is 0.273. The molecule has 2 aromatic carbocycles. The number of hydrogen-bond donors (Lipinski definition) is 2. The summed E-state index contributed by atoms with van der Waals surface area (Å²) in [6.45, 7) is -0.362. The summed E-state index contributed by atoms with van der Waals surface area (Å²) in [4.78, 5) is 51.6. The lowest BCUT2D eigenvalue weighted by atomic mass is 10.2. The summed E-state index contributed by atoms with van der Waals surface area (Å²) >= 11 is 0. The monoisotopic (exact) mass is 476 g/mol. The molecule has 4 N–H and O–H groups in total. The van der Waals surface area contributed by atoms with E-state index in [1.807, 2.05) is 0 Å². The average molecular weight is 476 g/mol.